The van der Waals surface area contributed by atoms with Gasteiger partial charge < -0.3 is 10.4 Å². The summed E-state index contributed by atoms with van der Waals surface area (Å²) in [6.07, 6.45) is 0.462. The van der Waals surface area contributed by atoms with E-state index in [1.165, 1.54) is 6.07 Å². The summed E-state index contributed by atoms with van der Waals surface area (Å²) in [7, 11) is -4.19. The number of aryl methyl sites for hydroxylation is 1. The number of phenolic OH excluding ortho intramolecular Hbond substituents is 1. The molecule has 3 rings (SSSR count). The number of hydrogen-bond donors (Lipinski definition) is 2. The smallest absolute Gasteiger partial charge is 0.246 e. The summed E-state index contributed by atoms with van der Waals surface area (Å²) >= 11 is 0. The lowest BCUT2D eigenvalue weighted by atomic mass is 9.97. The van der Waals surface area contributed by atoms with Crippen LogP contribution in [0.1, 0.15) is 18.4 Å². The van der Waals surface area contributed by atoms with Gasteiger partial charge in [0.15, 0.2) is 0 Å². The molecular formula is C19H20F2N2O4S. The number of piperidine rings is 1. The molecule has 1 amide bonds. The van der Waals surface area contributed by atoms with E-state index in [4.69, 9.17) is 0 Å². The van der Waals surface area contributed by atoms with Crippen LogP contribution in [0.2, 0.25) is 0 Å². The van der Waals surface area contributed by atoms with E-state index in [-0.39, 0.29) is 43.3 Å². The molecule has 1 heterocycles. The zero-order chi connectivity index (χ0) is 20.5. The molecule has 2 aromatic carbocycles. The van der Waals surface area contributed by atoms with Crippen LogP contribution in [0, 0.1) is 24.5 Å². The van der Waals surface area contributed by atoms with Gasteiger partial charge >= 0.3 is 0 Å². The summed E-state index contributed by atoms with van der Waals surface area (Å²) in [5, 5.41) is 12.5. The quantitative estimate of drug-likeness (QED) is 0.759. The Morgan fingerprint density at radius 2 is 1.82 bits per heavy atom. The highest BCUT2D eigenvalue weighted by atomic mass is 32.2. The highest BCUT2D eigenvalue weighted by Gasteiger charge is 2.34. The van der Waals surface area contributed by atoms with Gasteiger partial charge in [0.1, 0.15) is 22.3 Å². The van der Waals surface area contributed by atoms with Crippen LogP contribution >= 0.6 is 0 Å². The number of rotatable bonds is 4. The van der Waals surface area contributed by atoms with Crippen LogP contribution in [0.15, 0.2) is 41.3 Å². The fraction of sp³-hybridized carbons (Fsp3) is 0.316. The summed E-state index contributed by atoms with van der Waals surface area (Å²) in [6.45, 7) is 1.83. The Hall–Kier alpha value is -2.52. The van der Waals surface area contributed by atoms with E-state index in [9.17, 15) is 27.1 Å². The molecule has 1 aliphatic rings. The first-order chi connectivity index (χ1) is 13.2. The van der Waals surface area contributed by atoms with E-state index in [1.807, 2.05) is 6.92 Å². The second-order valence-corrected chi connectivity index (χ2v) is 8.67. The molecule has 28 heavy (non-hydrogen) atoms. The zero-order valence-electron chi connectivity index (χ0n) is 15.2. The van der Waals surface area contributed by atoms with Crippen molar-refractivity contribution in [2.45, 2.75) is 24.7 Å². The van der Waals surface area contributed by atoms with Crippen molar-refractivity contribution in [3.8, 4) is 5.75 Å². The average molecular weight is 410 g/mol. The van der Waals surface area contributed by atoms with Gasteiger partial charge in [-0.3, -0.25) is 4.79 Å². The SMILES string of the molecule is Cc1ccc(NC(=O)C2CCN(S(=O)(=O)c3cc(F)ccc3F)CC2)c(O)c1. The zero-order valence-corrected chi connectivity index (χ0v) is 16.0. The molecule has 0 atom stereocenters. The number of amides is 1. The second-order valence-electron chi connectivity index (χ2n) is 6.76. The first-order valence-corrected chi connectivity index (χ1v) is 10.2. The Morgan fingerprint density at radius 3 is 2.46 bits per heavy atom. The fourth-order valence-corrected chi connectivity index (χ4v) is 4.70. The van der Waals surface area contributed by atoms with Crippen LogP contribution < -0.4 is 5.32 Å². The van der Waals surface area contributed by atoms with Crippen molar-refractivity contribution in [3.63, 3.8) is 0 Å². The Labute approximate surface area is 161 Å². The molecule has 1 saturated heterocycles. The molecule has 0 aromatic heterocycles. The maximum Gasteiger partial charge on any atom is 0.246 e. The predicted octanol–water partition coefficient (Wildman–Crippen LogP) is 3.02. The number of phenols is 1. The normalized spacial score (nSPS) is 16.1. The molecule has 9 heteroatoms. The number of sulfonamides is 1. The molecule has 0 bridgehead atoms. The van der Waals surface area contributed by atoms with Gasteiger partial charge in [0.2, 0.25) is 15.9 Å². The minimum atomic E-state index is -4.19. The third-order valence-electron chi connectivity index (χ3n) is 4.75. The van der Waals surface area contributed by atoms with Gasteiger partial charge in [0, 0.05) is 19.0 Å². The van der Waals surface area contributed by atoms with Gasteiger partial charge in [-0.15, -0.1) is 0 Å². The minimum absolute atomic E-state index is 0.0102. The third-order valence-corrected chi connectivity index (χ3v) is 6.66. The van der Waals surface area contributed by atoms with E-state index < -0.39 is 32.5 Å². The number of benzene rings is 2. The molecule has 0 unspecified atom stereocenters. The lowest BCUT2D eigenvalue weighted by Gasteiger charge is -2.30. The molecule has 2 aromatic rings. The van der Waals surface area contributed by atoms with Crippen LogP contribution in [0.3, 0.4) is 0 Å². The largest absolute Gasteiger partial charge is 0.506 e. The van der Waals surface area contributed by atoms with Crippen molar-refractivity contribution in [1.29, 1.82) is 0 Å². The number of carbonyl (C=O) groups is 1. The number of halogens is 2. The van der Waals surface area contributed by atoms with Gasteiger partial charge in [0.25, 0.3) is 0 Å². The highest BCUT2D eigenvalue weighted by molar-refractivity contribution is 7.89. The molecule has 0 aliphatic carbocycles. The van der Waals surface area contributed by atoms with E-state index in [0.717, 1.165) is 22.0 Å². The summed E-state index contributed by atoms with van der Waals surface area (Å²) in [4.78, 5) is 11.7. The first-order valence-electron chi connectivity index (χ1n) is 8.74. The lowest BCUT2D eigenvalue weighted by molar-refractivity contribution is -0.120. The number of aromatic hydroxyl groups is 1. The summed E-state index contributed by atoms with van der Waals surface area (Å²) in [5.41, 5.74) is 1.13. The average Bonchev–Trinajstić information content (AvgIpc) is 2.66. The molecule has 0 saturated carbocycles. The number of anilines is 1. The van der Waals surface area contributed by atoms with Gasteiger partial charge in [-0.05, 0) is 55.7 Å². The topological polar surface area (TPSA) is 86.7 Å². The fourth-order valence-electron chi connectivity index (χ4n) is 3.15. The predicted molar refractivity (Wildman–Crippen MR) is 99.3 cm³/mol. The van der Waals surface area contributed by atoms with Crippen molar-refractivity contribution in [3.05, 3.63) is 53.6 Å². The van der Waals surface area contributed by atoms with Crippen LogP contribution in [0.5, 0.6) is 5.75 Å². The number of carbonyl (C=O) groups excluding carboxylic acids is 1. The standard InChI is InChI=1S/C19H20F2N2O4S/c1-12-2-5-16(17(24)10-12)22-19(25)13-6-8-23(9-7-13)28(26,27)18-11-14(20)3-4-15(18)21/h2-5,10-11,13,24H,6-9H2,1H3,(H,22,25). The van der Waals surface area contributed by atoms with Crippen molar-refractivity contribution in [2.75, 3.05) is 18.4 Å². The Kier molecular flexibility index (Phi) is 5.66. The highest BCUT2D eigenvalue weighted by Crippen LogP contribution is 2.28. The first kappa shape index (κ1) is 20.2. The summed E-state index contributed by atoms with van der Waals surface area (Å²) in [5.74, 6) is -2.68. The van der Waals surface area contributed by atoms with Crippen LogP contribution in [0.4, 0.5) is 14.5 Å². The lowest BCUT2D eigenvalue weighted by Crippen LogP contribution is -2.41. The third kappa shape index (κ3) is 4.15. The maximum atomic E-state index is 13.9. The number of hydrogen-bond acceptors (Lipinski definition) is 4. The monoisotopic (exact) mass is 410 g/mol. The summed E-state index contributed by atoms with van der Waals surface area (Å²) < 4.78 is 53.5. The molecule has 1 aliphatic heterocycles. The van der Waals surface area contributed by atoms with Crippen LogP contribution in [0.25, 0.3) is 0 Å². The Morgan fingerprint density at radius 1 is 1.14 bits per heavy atom. The second kappa shape index (κ2) is 7.84. The van der Waals surface area contributed by atoms with Crippen LogP contribution in [-0.4, -0.2) is 36.8 Å². The molecule has 0 radical (unpaired) electrons. The molecule has 0 spiro atoms. The Balaban J connectivity index is 1.66. The number of nitrogens with one attached hydrogen (secondary N) is 1. The van der Waals surface area contributed by atoms with Gasteiger partial charge in [-0.25, -0.2) is 17.2 Å². The van der Waals surface area contributed by atoms with E-state index >= 15 is 0 Å². The molecular weight excluding hydrogens is 390 g/mol. The van der Waals surface area contributed by atoms with Crippen LogP contribution in [-0.2, 0) is 14.8 Å². The molecule has 6 nitrogen and oxygen atoms in total. The maximum absolute atomic E-state index is 13.9. The van der Waals surface area contributed by atoms with Crippen molar-refractivity contribution in [2.24, 2.45) is 5.92 Å². The minimum Gasteiger partial charge on any atom is -0.506 e. The summed E-state index contributed by atoms with van der Waals surface area (Å²) in [6, 6.07) is 7.15. The van der Waals surface area contributed by atoms with E-state index in [1.54, 1.807) is 12.1 Å². The van der Waals surface area contributed by atoms with Crippen molar-refractivity contribution in [1.82, 2.24) is 4.31 Å². The van der Waals surface area contributed by atoms with Gasteiger partial charge in [0.05, 0.1) is 5.69 Å². The van der Waals surface area contributed by atoms with Gasteiger partial charge in [-0.1, -0.05) is 6.07 Å². The molecule has 1 fully saturated rings. The van der Waals surface area contributed by atoms with Crippen molar-refractivity contribution < 1.29 is 27.1 Å². The van der Waals surface area contributed by atoms with E-state index in [0.29, 0.717) is 6.07 Å². The molecule has 150 valence electrons. The van der Waals surface area contributed by atoms with E-state index in [2.05, 4.69) is 5.32 Å². The number of nitrogens with zero attached hydrogens (tertiary/aromatic N) is 1. The van der Waals surface area contributed by atoms with Gasteiger partial charge in [-0.2, -0.15) is 4.31 Å². The van der Waals surface area contributed by atoms with Crippen molar-refractivity contribution >= 4 is 21.6 Å². The molecule has 2 N–H and O–H groups in total. The Bertz CT molecular complexity index is 1000.